The molecule has 1 fully saturated rings. The summed E-state index contributed by atoms with van der Waals surface area (Å²) in [5.74, 6) is 1.30. The third kappa shape index (κ3) is 2.52. The Hall–Kier alpha value is -1.73. The first-order valence-electron chi connectivity index (χ1n) is 6.39. The van der Waals surface area contributed by atoms with E-state index in [0.717, 1.165) is 18.9 Å². The fraction of sp³-hybridized carbons (Fsp3) is 0.583. The van der Waals surface area contributed by atoms with E-state index in [-0.39, 0.29) is 12.2 Å². The molecule has 0 aliphatic carbocycles. The normalized spacial score (nSPS) is 23.7. The average Bonchev–Trinajstić information content (AvgIpc) is 2.79. The van der Waals surface area contributed by atoms with Gasteiger partial charge in [-0.2, -0.15) is 0 Å². The largest absolute Gasteiger partial charge is 0.472 e. The molecule has 102 valence electrons. The molecule has 0 saturated carbocycles. The lowest BCUT2D eigenvalue weighted by molar-refractivity contribution is -0.0475. The van der Waals surface area contributed by atoms with Crippen LogP contribution in [0.25, 0.3) is 5.65 Å². The SMILES string of the molecule is Cc1nnc2c(OCC3CNCC(C)O3)nccn12. The van der Waals surface area contributed by atoms with E-state index < -0.39 is 0 Å². The summed E-state index contributed by atoms with van der Waals surface area (Å²) in [5.41, 5.74) is 0.636. The fourth-order valence-electron chi connectivity index (χ4n) is 2.16. The molecule has 3 heterocycles. The minimum atomic E-state index is 0.0369. The summed E-state index contributed by atoms with van der Waals surface area (Å²) in [6.45, 7) is 6.06. The molecular formula is C12H17N5O2. The number of nitrogens with one attached hydrogen (secondary N) is 1. The van der Waals surface area contributed by atoms with Gasteiger partial charge in [0, 0.05) is 25.5 Å². The van der Waals surface area contributed by atoms with Gasteiger partial charge in [-0.15, -0.1) is 10.2 Å². The lowest BCUT2D eigenvalue weighted by atomic mass is 10.2. The van der Waals surface area contributed by atoms with Crippen molar-refractivity contribution < 1.29 is 9.47 Å². The molecule has 7 nitrogen and oxygen atoms in total. The number of fused-ring (bicyclic) bond motifs is 1. The second-order valence-electron chi connectivity index (χ2n) is 4.71. The third-order valence-electron chi connectivity index (χ3n) is 3.10. The molecule has 0 spiro atoms. The molecule has 19 heavy (non-hydrogen) atoms. The Morgan fingerprint density at radius 2 is 2.37 bits per heavy atom. The summed E-state index contributed by atoms with van der Waals surface area (Å²) in [6.07, 6.45) is 3.75. The molecule has 2 aromatic rings. The number of aryl methyl sites for hydroxylation is 1. The Morgan fingerprint density at radius 1 is 1.47 bits per heavy atom. The average molecular weight is 263 g/mol. The summed E-state index contributed by atoms with van der Waals surface area (Å²) >= 11 is 0. The van der Waals surface area contributed by atoms with Crippen molar-refractivity contribution in [3.8, 4) is 5.88 Å². The lowest BCUT2D eigenvalue weighted by Crippen LogP contribution is -2.45. The lowest BCUT2D eigenvalue weighted by Gasteiger charge is -2.28. The highest BCUT2D eigenvalue weighted by Crippen LogP contribution is 2.15. The number of morpholine rings is 1. The molecule has 1 N–H and O–H groups in total. The van der Waals surface area contributed by atoms with E-state index in [4.69, 9.17) is 9.47 Å². The molecule has 0 radical (unpaired) electrons. The van der Waals surface area contributed by atoms with Gasteiger partial charge in [0.2, 0.25) is 5.65 Å². The number of hydrogen-bond donors (Lipinski definition) is 1. The van der Waals surface area contributed by atoms with Crippen molar-refractivity contribution in [1.29, 1.82) is 0 Å². The van der Waals surface area contributed by atoms with Gasteiger partial charge < -0.3 is 14.8 Å². The molecule has 0 amide bonds. The van der Waals surface area contributed by atoms with E-state index in [1.54, 1.807) is 6.20 Å². The molecule has 7 heteroatoms. The number of hydrogen-bond acceptors (Lipinski definition) is 6. The van der Waals surface area contributed by atoms with Crippen LogP contribution in [0.1, 0.15) is 12.7 Å². The summed E-state index contributed by atoms with van der Waals surface area (Å²) in [7, 11) is 0. The minimum absolute atomic E-state index is 0.0369. The number of aromatic nitrogens is 4. The van der Waals surface area contributed by atoms with Gasteiger partial charge in [-0.3, -0.25) is 4.40 Å². The monoisotopic (exact) mass is 263 g/mol. The van der Waals surface area contributed by atoms with Crippen molar-refractivity contribution in [2.24, 2.45) is 0 Å². The molecule has 2 unspecified atom stereocenters. The highest BCUT2D eigenvalue weighted by molar-refractivity contribution is 5.48. The van der Waals surface area contributed by atoms with Gasteiger partial charge in [-0.1, -0.05) is 0 Å². The van der Waals surface area contributed by atoms with Gasteiger partial charge in [-0.05, 0) is 13.8 Å². The maximum absolute atomic E-state index is 5.77. The second kappa shape index (κ2) is 5.10. The van der Waals surface area contributed by atoms with E-state index in [9.17, 15) is 0 Å². The van der Waals surface area contributed by atoms with E-state index >= 15 is 0 Å². The van der Waals surface area contributed by atoms with Crippen LogP contribution in [-0.4, -0.2) is 51.5 Å². The highest BCUT2D eigenvalue weighted by Gasteiger charge is 2.20. The highest BCUT2D eigenvalue weighted by atomic mass is 16.5. The van der Waals surface area contributed by atoms with Crippen molar-refractivity contribution in [1.82, 2.24) is 24.9 Å². The zero-order valence-corrected chi connectivity index (χ0v) is 11.0. The predicted molar refractivity (Wildman–Crippen MR) is 68.2 cm³/mol. The van der Waals surface area contributed by atoms with Crippen LogP contribution in [0.3, 0.4) is 0 Å². The van der Waals surface area contributed by atoms with Gasteiger partial charge in [0.25, 0.3) is 5.88 Å². The molecule has 3 rings (SSSR count). The molecule has 0 bridgehead atoms. The summed E-state index contributed by atoms with van der Waals surface area (Å²) in [6, 6.07) is 0. The molecule has 1 aliphatic heterocycles. The van der Waals surface area contributed by atoms with Crippen molar-refractivity contribution >= 4 is 5.65 Å². The third-order valence-corrected chi connectivity index (χ3v) is 3.10. The van der Waals surface area contributed by atoms with Crippen molar-refractivity contribution in [2.45, 2.75) is 26.1 Å². The summed E-state index contributed by atoms with van der Waals surface area (Å²) in [4.78, 5) is 4.20. The maximum Gasteiger partial charge on any atom is 0.260 e. The summed E-state index contributed by atoms with van der Waals surface area (Å²) < 4.78 is 13.3. The Kier molecular flexibility index (Phi) is 3.31. The quantitative estimate of drug-likeness (QED) is 0.852. The van der Waals surface area contributed by atoms with Gasteiger partial charge >= 0.3 is 0 Å². The Balaban J connectivity index is 1.71. The van der Waals surface area contributed by atoms with Crippen LogP contribution in [0.2, 0.25) is 0 Å². The van der Waals surface area contributed by atoms with Gasteiger partial charge in [0.1, 0.15) is 18.5 Å². The summed E-state index contributed by atoms with van der Waals surface area (Å²) in [5, 5.41) is 11.4. The van der Waals surface area contributed by atoms with Crippen molar-refractivity contribution in [3.05, 3.63) is 18.2 Å². The number of nitrogens with zero attached hydrogens (tertiary/aromatic N) is 4. The minimum Gasteiger partial charge on any atom is -0.472 e. The first kappa shape index (κ1) is 12.3. The number of ether oxygens (including phenoxy) is 2. The second-order valence-corrected chi connectivity index (χ2v) is 4.71. The topological polar surface area (TPSA) is 73.6 Å². The Morgan fingerprint density at radius 3 is 3.21 bits per heavy atom. The van der Waals surface area contributed by atoms with Gasteiger partial charge in [0.05, 0.1) is 6.10 Å². The first-order chi connectivity index (χ1) is 9.24. The van der Waals surface area contributed by atoms with Crippen molar-refractivity contribution in [2.75, 3.05) is 19.7 Å². The van der Waals surface area contributed by atoms with Crippen LogP contribution < -0.4 is 10.1 Å². The Bertz CT molecular complexity index is 570. The van der Waals surface area contributed by atoms with Gasteiger partial charge in [0.15, 0.2) is 0 Å². The molecule has 1 aliphatic rings. The molecule has 2 aromatic heterocycles. The first-order valence-corrected chi connectivity index (χ1v) is 6.39. The van der Waals surface area contributed by atoms with Crippen LogP contribution >= 0.6 is 0 Å². The van der Waals surface area contributed by atoms with Gasteiger partial charge in [-0.25, -0.2) is 4.98 Å². The zero-order chi connectivity index (χ0) is 13.2. The van der Waals surface area contributed by atoms with Crippen molar-refractivity contribution in [3.63, 3.8) is 0 Å². The molecule has 2 atom stereocenters. The van der Waals surface area contributed by atoms with E-state index in [0.29, 0.717) is 18.1 Å². The predicted octanol–water partition coefficient (Wildman–Crippen LogP) is 0.188. The standard InChI is InChI=1S/C12H17N5O2/c1-8-5-13-6-10(19-8)7-18-12-11-16-15-9(2)17(11)4-3-14-12/h3-4,8,10,13H,5-7H2,1-2H3. The molecular weight excluding hydrogens is 246 g/mol. The molecule has 1 saturated heterocycles. The van der Waals surface area contributed by atoms with Crippen LogP contribution in [0.5, 0.6) is 5.88 Å². The van der Waals surface area contributed by atoms with E-state index in [1.165, 1.54) is 0 Å². The van der Waals surface area contributed by atoms with Crippen LogP contribution in [0.4, 0.5) is 0 Å². The van der Waals surface area contributed by atoms with Crippen LogP contribution in [0.15, 0.2) is 12.4 Å². The Labute approximate surface area is 111 Å². The fourth-order valence-corrected chi connectivity index (χ4v) is 2.16. The smallest absolute Gasteiger partial charge is 0.260 e. The van der Waals surface area contributed by atoms with E-state index in [1.807, 2.05) is 24.4 Å². The zero-order valence-electron chi connectivity index (χ0n) is 11.0. The van der Waals surface area contributed by atoms with Crippen LogP contribution in [-0.2, 0) is 4.74 Å². The maximum atomic E-state index is 5.77. The number of rotatable bonds is 3. The van der Waals surface area contributed by atoms with Crippen LogP contribution in [0, 0.1) is 6.92 Å². The molecule has 0 aromatic carbocycles. The van der Waals surface area contributed by atoms with E-state index in [2.05, 4.69) is 20.5 Å².